The number of hydrogen-bond donors (Lipinski definition) is 0. The lowest BCUT2D eigenvalue weighted by atomic mass is 10.4. The molecule has 0 radical (unpaired) electrons. The number of rotatable bonds is 12. The Bertz CT molecular complexity index is 480. The maximum atomic E-state index is 11.9. The van der Waals surface area contributed by atoms with Gasteiger partial charge >= 0.3 is 15.6 Å². The first-order valence-electron chi connectivity index (χ1n) is 7.54. The highest BCUT2D eigenvalue weighted by molar-refractivity contribution is 7.87. The van der Waals surface area contributed by atoms with E-state index in [4.69, 9.17) is 23.7 Å². The summed E-state index contributed by atoms with van der Waals surface area (Å²) in [5.41, 5.74) is -5.43. The van der Waals surface area contributed by atoms with Crippen LogP contribution in [0.1, 0.15) is 13.8 Å². The fourth-order valence-corrected chi connectivity index (χ4v) is 2.19. The zero-order valence-electron chi connectivity index (χ0n) is 14.0. The van der Waals surface area contributed by atoms with Crippen LogP contribution in [0.25, 0.3) is 0 Å². The third-order valence-corrected chi connectivity index (χ3v) is 3.91. The van der Waals surface area contributed by atoms with Gasteiger partial charge in [-0.25, -0.2) is 0 Å². The molecular weight excluding hydrogens is 373 g/mol. The summed E-state index contributed by atoms with van der Waals surface area (Å²) in [5.74, 6) is -0.592. The van der Waals surface area contributed by atoms with E-state index in [-0.39, 0.29) is 25.9 Å². The fourth-order valence-electron chi connectivity index (χ4n) is 1.77. The van der Waals surface area contributed by atoms with Crippen molar-refractivity contribution in [2.24, 2.45) is 0 Å². The molecule has 1 atom stereocenters. The van der Waals surface area contributed by atoms with Gasteiger partial charge in [0.2, 0.25) is 0 Å². The fraction of sp³-hybridized carbons (Fsp3) is 1.00. The van der Waals surface area contributed by atoms with E-state index in [0.29, 0.717) is 26.4 Å². The Morgan fingerprint density at radius 1 is 1.00 bits per heavy atom. The molecule has 0 spiro atoms. The molecule has 0 saturated carbocycles. The van der Waals surface area contributed by atoms with Gasteiger partial charge in [-0.05, 0) is 13.8 Å². The van der Waals surface area contributed by atoms with Crippen molar-refractivity contribution in [2.45, 2.75) is 31.2 Å². The molecule has 1 aliphatic heterocycles. The molecule has 0 N–H and O–H groups in total. The van der Waals surface area contributed by atoms with E-state index in [9.17, 15) is 21.6 Å². The van der Waals surface area contributed by atoms with Crippen molar-refractivity contribution in [1.29, 1.82) is 0 Å². The van der Waals surface area contributed by atoms with Gasteiger partial charge in [0.25, 0.3) is 0 Å². The molecule has 1 saturated heterocycles. The first kappa shape index (κ1) is 22.5. The Hall–Kier alpha value is -0.500. The molecule has 0 aromatic heterocycles. The minimum Gasteiger partial charge on any atom is -0.377 e. The molecule has 1 unspecified atom stereocenters. The van der Waals surface area contributed by atoms with Crippen LogP contribution in [0.3, 0.4) is 0 Å². The third kappa shape index (κ3) is 9.13. The lowest BCUT2D eigenvalue weighted by Crippen LogP contribution is -2.27. The average Bonchev–Trinajstić information content (AvgIpc) is 2.82. The molecule has 0 bridgehead atoms. The molecule has 150 valence electrons. The van der Waals surface area contributed by atoms with E-state index in [1.807, 2.05) is 13.8 Å². The van der Waals surface area contributed by atoms with Gasteiger partial charge in [-0.15, -0.1) is 0 Å². The lowest BCUT2D eigenvalue weighted by molar-refractivity contribution is -0.145. The van der Waals surface area contributed by atoms with Crippen molar-refractivity contribution >= 4 is 10.1 Å². The van der Waals surface area contributed by atoms with Crippen LogP contribution in [0.15, 0.2) is 0 Å². The van der Waals surface area contributed by atoms with Crippen molar-refractivity contribution < 1.29 is 49.5 Å². The smallest absolute Gasteiger partial charge is 0.377 e. The van der Waals surface area contributed by atoms with Crippen LogP contribution >= 0.6 is 0 Å². The molecule has 0 aliphatic carbocycles. The average molecular weight is 396 g/mol. The predicted octanol–water partition coefficient (Wildman–Crippen LogP) is 1.05. The minimum absolute atomic E-state index is 0.0865. The maximum absolute atomic E-state index is 11.9. The topological polar surface area (TPSA) is 89.5 Å². The van der Waals surface area contributed by atoms with Crippen LogP contribution in [0.5, 0.6) is 0 Å². The molecule has 1 aliphatic rings. The SMILES string of the molecule is CC1(C)OCC(COCCOCCOCCOS(=O)(=O)C(F)(F)F)O1. The van der Waals surface area contributed by atoms with Crippen LogP contribution in [0.2, 0.25) is 0 Å². The number of ether oxygens (including phenoxy) is 5. The van der Waals surface area contributed by atoms with Crippen molar-refractivity contribution in [2.75, 3.05) is 52.9 Å². The number of halogens is 3. The first-order chi connectivity index (χ1) is 11.5. The summed E-state index contributed by atoms with van der Waals surface area (Å²) in [5, 5.41) is 0. The van der Waals surface area contributed by atoms with Crippen LogP contribution in [0.4, 0.5) is 13.2 Å². The van der Waals surface area contributed by atoms with Crippen LogP contribution in [0, 0.1) is 0 Å². The van der Waals surface area contributed by atoms with E-state index in [0.717, 1.165) is 0 Å². The predicted molar refractivity (Wildman–Crippen MR) is 78.3 cm³/mol. The second-order valence-corrected chi connectivity index (χ2v) is 7.08. The van der Waals surface area contributed by atoms with E-state index in [1.54, 1.807) is 0 Å². The monoisotopic (exact) mass is 396 g/mol. The van der Waals surface area contributed by atoms with Gasteiger partial charge in [0.1, 0.15) is 6.10 Å². The number of alkyl halides is 3. The largest absolute Gasteiger partial charge is 0.523 e. The highest BCUT2D eigenvalue weighted by Crippen LogP contribution is 2.24. The minimum atomic E-state index is -5.57. The summed E-state index contributed by atoms with van der Waals surface area (Å²) in [4.78, 5) is 0. The molecule has 0 amide bonds. The maximum Gasteiger partial charge on any atom is 0.523 e. The molecule has 1 heterocycles. The molecule has 25 heavy (non-hydrogen) atoms. The molecule has 1 rings (SSSR count). The summed E-state index contributed by atoms with van der Waals surface area (Å²) in [6.45, 7) is 4.39. The third-order valence-electron chi connectivity index (χ3n) is 2.86. The Morgan fingerprint density at radius 2 is 1.52 bits per heavy atom. The number of hydrogen-bond acceptors (Lipinski definition) is 8. The highest BCUT2D eigenvalue weighted by atomic mass is 32.2. The van der Waals surface area contributed by atoms with Gasteiger partial charge in [0, 0.05) is 0 Å². The molecule has 0 aromatic rings. The Labute approximate surface area is 144 Å². The Kier molecular flexibility index (Phi) is 9.01. The van der Waals surface area contributed by atoms with Crippen molar-refractivity contribution in [3.63, 3.8) is 0 Å². The summed E-state index contributed by atoms with van der Waals surface area (Å²) in [6.07, 6.45) is -0.119. The molecule has 0 aromatic carbocycles. The summed E-state index contributed by atoms with van der Waals surface area (Å²) < 4.78 is 87.1. The molecule has 8 nitrogen and oxygen atoms in total. The van der Waals surface area contributed by atoms with Gasteiger partial charge in [-0.2, -0.15) is 21.6 Å². The van der Waals surface area contributed by atoms with Crippen molar-refractivity contribution in [3.05, 3.63) is 0 Å². The second-order valence-electron chi connectivity index (χ2n) is 5.47. The van der Waals surface area contributed by atoms with Gasteiger partial charge < -0.3 is 23.7 Å². The van der Waals surface area contributed by atoms with Gasteiger partial charge in [0.05, 0.1) is 52.9 Å². The van der Waals surface area contributed by atoms with Gasteiger partial charge in [0.15, 0.2) is 5.79 Å². The molecule has 12 heteroatoms. The van der Waals surface area contributed by atoms with Crippen molar-refractivity contribution in [1.82, 2.24) is 0 Å². The Morgan fingerprint density at radius 3 is 2.00 bits per heavy atom. The summed E-state index contributed by atoms with van der Waals surface area (Å²) >= 11 is 0. The zero-order valence-corrected chi connectivity index (χ0v) is 14.9. The normalized spacial score (nSPS) is 20.9. The Balaban J connectivity index is 1.88. The molecule has 1 fully saturated rings. The van der Waals surface area contributed by atoms with Crippen LogP contribution in [-0.2, 0) is 38.0 Å². The quantitative estimate of drug-likeness (QED) is 0.275. The van der Waals surface area contributed by atoms with E-state index >= 15 is 0 Å². The highest BCUT2D eigenvalue weighted by Gasteiger charge is 2.47. The zero-order chi connectivity index (χ0) is 19.0. The van der Waals surface area contributed by atoms with Crippen LogP contribution in [-0.4, -0.2) is 78.7 Å². The van der Waals surface area contributed by atoms with E-state index in [1.165, 1.54) is 0 Å². The first-order valence-corrected chi connectivity index (χ1v) is 8.95. The molecular formula is C13H23F3O8S. The van der Waals surface area contributed by atoms with Crippen molar-refractivity contribution in [3.8, 4) is 0 Å². The van der Waals surface area contributed by atoms with Crippen LogP contribution < -0.4 is 0 Å². The van der Waals surface area contributed by atoms with Gasteiger partial charge in [-0.3, -0.25) is 4.18 Å². The standard InChI is InChI=1S/C13H23F3O8S/c1-12(2)22-10-11(24-12)9-21-6-5-19-3-4-20-7-8-23-25(17,18)13(14,15)16/h11H,3-10H2,1-2H3. The lowest BCUT2D eigenvalue weighted by Gasteiger charge is -2.17. The summed E-state index contributed by atoms with van der Waals surface area (Å²) in [6, 6.07) is 0. The van der Waals surface area contributed by atoms with E-state index in [2.05, 4.69) is 4.18 Å². The van der Waals surface area contributed by atoms with E-state index < -0.39 is 28.0 Å². The summed E-state index contributed by atoms with van der Waals surface area (Å²) in [7, 11) is -5.57. The second kappa shape index (κ2) is 10.00. The van der Waals surface area contributed by atoms with Gasteiger partial charge in [-0.1, -0.05) is 0 Å².